The van der Waals surface area contributed by atoms with Crippen molar-refractivity contribution in [3.63, 3.8) is 0 Å². The van der Waals surface area contributed by atoms with Crippen molar-refractivity contribution >= 4 is 11.0 Å². The molecule has 0 bridgehead atoms. The summed E-state index contributed by atoms with van der Waals surface area (Å²) in [5.41, 5.74) is 2.32. The lowest BCUT2D eigenvalue weighted by molar-refractivity contribution is 0.182. The second-order valence-corrected chi connectivity index (χ2v) is 5.00. The van der Waals surface area contributed by atoms with Gasteiger partial charge in [0.1, 0.15) is 5.82 Å². The van der Waals surface area contributed by atoms with Crippen LogP contribution in [0.2, 0.25) is 0 Å². The fraction of sp³-hybridized carbons (Fsp3) is 0.562. The highest BCUT2D eigenvalue weighted by atomic mass is 16.5. The van der Waals surface area contributed by atoms with E-state index < -0.39 is 0 Å². The Hall–Kier alpha value is -1.39. The molecule has 1 unspecified atom stereocenters. The number of benzene rings is 1. The highest BCUT2D eigenvalue weighted by molar-refractivity contribution is 5.75. The van der Waals surface area contributed by atoms with E-state index in [4.69, 9.17) is 9.72 Å². The zero-order chi connectivity index (χ0) is 14.4. The van der Waals surface area contributed by atoms with Gasteiger partial charge in [-0.15, -0.1) is 0 Å². The van der Waals surface area contributed by atoms with Crippen LogP contribution < -0.4 is 5.32 Å². The SMILES string of the molecule is CCNC(CCOC)Cc1nc2ccccc2n1CC. The van der Waals surface area contributed by atoms with Crippen molar-refractivity contribution in [3.8, 4) is 0 Å². The van der Waals surface area contributed by atoms with Gasteiger partial charge < -0.3 is 14.6 Å². The van der Waals surface area contributed by atoms with E-state index in [-0.39, 0.29) is 0 Å². The molecule has 0 saturated heterocycles. The molecule has 0 radical (unpaired) electrons. The first-order valence-electron chi connectivity index (χ1n) is 7.46. The van der Waals surface area contributed by atoms with Gasteiger partial charge in [0.15, 0.2) is 0 Å². The Morgan fingerprint density at radius 2 is 2.10 bits per heavy atom. The van der Waals surface area contributed by atoms with E-state index in [0.717, 1.165) is 43.9 Å². The molecule has 20 heavy (non-hydrogen) atoms. The topological polar surface area (TPSA) is 39.1 Å². The van der Waals surface area contributed by atoms with Crippen molar-refractivity contribution in [2.45, 2.75) is 39.3 Å². The van der Waals surface area contributed by atoms with Crippen LogP contribution in [0.1, 0.15) is 26.1 Å². The molecule has 4 nitrogen and oxygen atoms in total. The van der Waals surface area contributed by atoms with Crippen LogP contribution in [0, 0.1) is 0 Å². The van der Waals surface area contributed by atoms with Crippen LogP contribution in [-0.4, -0.2) is 35.9 Å². The molecular formula is C16H25N3O. The zero-order valence-corrected chi connectivity index (χ0v) is 12.7. The largest absolute Gasteiger partial charge is 0.385 e. The molecule has 1 aromatic carbocycles. The average molecular weight is 275 g/mol. The Kier molecular flexibility index (Phi) is 5.56. The summed E-state index contributed by atoms with van der Waals surface area (Å²) in [5.74, 6) is 1.16. The van der Waals surface area contributed by atoms with Crippen molar-refractivity contribution in [3.05, 3.63) is 30.1 Å². The number of methoxy groups -OCH3 is 1. The molecule has 0 fully saturated rings. The molecule has 1 atom stereocenters. The number of likely N-dealkylation sites (N-methyl/N-ethyl adjacent to an activating group) is 1. The lowest BCUT2D eigenvalue weighted by atomic mass is 10.1. The van der Waals surface area contributed by atoms with Crippen LogP contribution in [0.25, 0.3) is 11.0 Å². The van der Waals surface area contributed by atoms with E-state index in [1.807, 2.05) is 6.07 Å². The third kappa shape index (κ3) is 3.38. The minimum atomic E-state index is 0.419. The van der Waals surface area contributed by atoms with Crippen LogP contribution in [0.15, 0.2) is 24.3 Å². The van der Waals surface area contributed by atoms with Crippen LogP contribution in [0.4, 0.5) is 0 Å². The molecule has 110 valence electrons. The number of ether oxygens (including phenoxy) is 1. The third-order valence-electron chi connectivity index (χ3n) is 3.64. The first kappa shape index (κ1) is 15.0. The van der Waals surface area contributed by atoms with Gasteiger partial charge in [-0.25, -0.2) is 4.98 Å². The molecular weight excluding hydrogens is 250 g/mol. The summed E-state index contributed by atoms with van der Waals surface area (Å²) >= 11 is 0. The number of nitrogens with zero attached hydrogens (tertiary/aromatic N) is 2. The quantitative estimate of drug-likeness (QED) is 0.805. The summed E-state index contributed by atoms with van der Waals surface area (Å²) in [7, 11) is 1.75. The maximum atomic E-state index is 5.20. The van der Waals surface area contributed by atoms with E-state index in [1.165, 1.54) is 5.52 Å². The number of para-hydroxylation sites is 2. The number of aromatic nitrogens is 2. The van der Waals surface area contributed by atoms with Crippen molar-refractivity contribution in [1.29, 1.82) is 0 Å². The first-order chi connectivity index (χ1) is 9.80. The molecule has 1 heterocycles. The monoisotopic (exact) mass is 275 g/mol. The van der Waals surface area contributed by atoms with Gasteiger partial charge in [-0.2, -0.15) is 0 Å². The second kappa shape index (κ2) is 7.41. The number of imidazole rings is 1. The Labute approximate surface area is 121 Å². The average Bonchev–Trinajstić information content (AvgIpc) is 2.82. The number of hydrogen-bond donors (Lipinski definition) is 1. The van der Waals surface area contributed by atoms with E-state index in [0.29, 0.717) is 6.04 Å². The Bertz CT molecular complexity index is 536. The molecule has 0 spiro atoms. The number of rotatable bonds is 8. The minimum Gasteiger partial charge on any atom is -0.385 e. The molecule has 1 aromatic heterocycles. The molecule has 1 N–H and O–H groups in total. The Balaban J connectivity index is 2.22. The molecule has 2 aromatic rings. The van der Waals surface area contributed by atoms with Crippen LogP contribution in [0.3, 0.4) is 0 Å². The van der Waals surface area contributed by atoms with E-state index >= 15 is 0 Å². The van der Waals surface area contributed by atoms with Crippen molar-refractivity contribution in [1.82, 2.24) is 14.9 Å². The van der Waals surface area contributed by atoms with Crippen molar-refractivity contribution in [2.75, 3.05) is 20.3 Å². The minimum absolute atomic E-state index is 0.419. The number of nitrogens with one attached hydrogen (secondary N) is 1. The first-order valence-corrected chi connectivity index (χ1v) is 7.46. The molecule has 0 aliphatic rings. The highest BCUT2D eigenvalue weighted by Gasteiger charge is 2.14. The predicted molar refractivity (Wildman–Crippen MR) is 83.1 cm³/mol. The summed E-state index contributed by atoms with van der Waals surface area (Å²) in [6, 6.07) is 8.77. The lowest BCUT2D eigenvalue weighted by Gasteiger charge is -2.17. The van der Waals surface area contributed by atoms with Crippen LogP contribution >= 0.6 is 0 Å². The predicted octanol–water partition coefficient (Wildman–Crippen LogP) is 2.61. The fourth-order valence-corrected chi connectivity index (χ4v) is 2.68. The van der Waals surface area contributed by atoms with Gasteiger partial charge in [-0.05, 0) is 32.0 Å². The lowest BCUT2D eigenvalue weighted by Crippen LogP contribution is -2.33. The van der Waals surface area contributed by atoms with Gasteiger partial charge in [0, 0.05) is 32.7 Å². The number of hydrogen-bond acceptors (Lipinski definition) is 3. The molecule has 0 aliphatic carbocycles. The molecule has 4 heteroatoms. The van der Waals surface area contributed by atoms with Gasteiger partial charge in [0.25, 0.3) is 0 Å². The molecule has 0 saturated carbocycles. The van der Waals surface area contributed by atoms with Crippen LogP contribution in [0.5, 0.6) is 0 Å². The van der Waals surface area contributed by atoms with Gasteiger partial charge in [-0.1, -0.05) is 19.1 Å². The Morgan fingerprint density at radius 3 is 2.80 bits per heavy atom. The molecule has 0 aliphatic heterocycles. The summed E-state index contributed by atoms with van der Waals surface area (Å²) < 4.78 is 7.52. The second-order valence-electron chi connectivity index (χ2n) is 5.00. The van der Waals surface area contributed by atoms with E-state index in [9.17, 15) is 0 Å². The van der Waals surface area contributed by atoms with Gasteiger partial charge in [-0.3, -0.25) is 0 Å². The smallest absolute Gasteiger partial charge is 0.111 e. The number of fused-ring (bicyclic) bond motifs is 1. The van der Waals surface area contributed by atoms with Crippen molar-refractivity contribution < 1.29 is 4.74 Å². The maximum Gasteiger partial charge on any atom is 0.111 e. The van der Waals surface area contributed by atoms with E-state index in [1.54, 1.807) is 7.11 Å². The molecule has 0 amide bonds. The maximum absolute atomic E-state index is 5.20. The third-order valence-corrected chi connectivity index (χ3v) is 3.64. The Morgan fingerprint density at radius 1 is 1.30 bits per heavy atom. The van der Waals surface area contributed by atoms with Gasteiger partial charge >= 0.3 is 0 Å². The normalized spacial score (nSPS) is 12.9. The van der Waals surface area contributed by atoms with Crippen LogP contribution in [-0.2, 0) is 17.7 Å². The van der Waals surface area contributed by atoms with Crippen molar-refractivity contribution in [2.24, 2.45) is 0 Å². The highest BCUT2D eigenvalue weighted by Crippen LogP contribution is 2.17. The van der Waals surface area contributed by atoms with Gasteiger partial charge in [0.05, 0.1) is 11.0 Å². The standard InChI is InChI=1S/C16H25N3O/c1-4-17-13(10-11-20-3)12-16-18-14-8-6-7-9-15(14)19(16)5-2/h6-9,13,17H,4-5,10-12H2,1-3H3. The zero-order valence-electron chi connectivity index (χ0n) is 12.7. The summed E-state index contributed by atoms with van der Waals surface area (Å²) in [5, 5.41) is 3.53. The fourth-order valence-electron chi connectivity index (χ4n) is 2.68. The van der Waals surface area contributed by atoms with E-state index in [2.05, 4.69) is 41.9 Å². The number of aryl methyl sites for hydroxylation is 1. The molecule has 2 rings (SSSR count). The summed E-state index contributed by atoms with van der Waals surface area (Å²) in [6.07, 6.45) is 1.96. The summed E-state index contributed by atoms with van der Waals surface area (Å²) in [4.78, 5) is 4.80. The summed E-state index contributed by atoms with van der Waals surface area (Å²) in [6.45, 7) is 7.03. The van der Waals surface area contributed by atoms with Gasteiger partial charge in [0.2, 0.25) is 0 Å².